The molecule has 1 radical (unpaired) electrons. The van der Waals surface area contributed by atoms with E-state index in [9.17, 15) is 8.42 Å². The third-order valence-corrected chi connectivity index (χ3v) is 1.68. The molecule has 13 heavy (non-hydrogen) atoms. The lowest BCUT2D eigenvalue weighted by Crippen LogP contribution is -2.05. The average molecular weight is 201 g/mol. The fourth-order valence-corrected chi connectivity index (χ4v) is 1.18. The van der Waals surface area contributed by atoms with E-state index in [0.717, 1.165) is 6.26 Å². The van der Waals surface area contributed by atoms with E-state index >= 15 is 0 Å². The Bertz CT molecular complexity index is 383. The van der Waals surface area contributed by atoms with Gasteiger partial charge in [0.1, 0.15) is 5.75 Å². The lowest BCUT2D eigenvalue weighted by molar-refractivity contribution is 0.410. The highest BCUT2D eigenvalue weighted by atomic mass is 32.2. The van der Waals surface area contributed by atoms with E-state index in [4.69, 9.17) is 4.74 Å². The van der Waals surface area contributed by atoms with Crippen LogP contribution in [0, 0.1) is 6.07 Å². The van der Waals surface area contributed by atoms with Crippen molar-refractivity contribution >= 4 is 10.1 Å². The number of hydrogen-bond acceptors (Lipinski definition) is 4. The number of benzene rings is 1. The second-order valence-corrected chi connectivity index (χ2v) is 3.95. The maximum atomic E-state index is 10.7. The fourth-order valence-electron chi connectivity index (χ4n) is 0.758. The molecular formula is C8H9O4S. The Morgan fingerprint density at radius 3 is 2.46 bits per heavy atom. The normalized spacial score (nSPS) is 10.9. The minimum atomic E-state index is -3.49. The molecule has 0 fully saturated rings. The molecule has 0 aromatic heterocycles. The van der Waals surface area contributed by atoms with E-state index < -0.39 is 10.1 Å². The van der Waals surface area contributed by atoms with Gasteiger partial charge in [0, 0.05) is 0 Å². The second-order valence-electron chi connectivity index (χ2n) is 2.37. The van der Waals surface area contributed by atoms with E-state index in [-0.39, 0.29) is 5.75 Å². The van der Waals surface area contributed by atoms with Gasteiger partial charge < -0.3 is 8.92 Å². The van der Waals surface area contributed by atoms with Gasteiger partial charge in [0.15, 0.2) is 5.75 Å². The summed E-state index contributed by atoms with van der Waals surface area (Å²) >= 11 is 0. The zero-order valence-corrected chi connectivity index (χ0v) is 8.09. The molecule has 1 rings (SSSR count). The van der Waals surface area contributed by atoms with E-state index in [1.807, 2.05) is 0 Å². The largest absolute Gasteiger partial charge is 0.496 e. The first kappa shape index (κ1) is 9.85. The predicted molar refractivity (Wildman–Crippen MR) is 47.3 cm³/mol. The molecule has 0 unspecified atom stereocenters. The van der Waals surface area contributed by atoms with Crippen LogP contribution in [0.1, 0.15) is 0 Å². The molecule has 0 N–H and O–H groups in total. The van der Waals surface area contributed by atoms with Crippen LogP contribution in [0.5, 0.6) is 11.5 Å². The zero-order valence-electron chi connectivity index (χ0n) is 7.27. The van der Waals surface area contributed by atoms with Gasteiger partial charge in [-0.05, 0) is 12.1 Å². The van der Waals surface area contributed by atoms with Crippen LogP contribution in [0.25, 0.3) is 0 Å². The van der Waals surface area contributed by atoms with Crippen molar-refractivity contribution in [3.05, 3.63) is 24.3 Å². The summed E-state index contributed by atoms with van der Waals surface area (Å²) in [6.07, 6.45) is 0.973. The summed E-state index contributed by atoms with van der Waals surface area (Å²) in [5, 5.41) is 0. The molecule has 0 aliphatic carbocycles. The highest BCUT2D eigenvalue weighted by Crippen LogP contribution is 2.18. The first-order valence-corrected chi connectivity index (χ1v) is 5.29. The van der Waals surface area contributed by atoms with Crippen LogP contribution in [0.4, 0.5) is 0 Å². The molecular weight excluding hydrogens is 192 g/mol. The Morgan fingerprint density at radius 1 is 1.31 bits per heavy atom. The fraction of sp³-hybridized carbons (Fsp3) is 0.250. The zero-order chi connectivity index (χ0) is 9.90. The van der Waals surface area contributed by atoms with Gasteiger partial charge in [-0.15, -0.1) is 0 Å². The summed E-state index contributed by atoms with van der Waals surface area (Å²) in [7, 11) is -2.02. The van der Waals surface area contributed by atoms with Gasteiger partial charge in [0.25, 0.3) is 0 Å². The molecule has 0 saturated carbocycles. The summed E-state index contributed by atoms with van der Waals surface area (Å²) in [4.78, 5) is 0. The van der Waals surface area contributed by atoms with Crippen LogP contribution < -0.4 is 8.92 Å². The second kappa shape index (κ2) is 3.66. The van der Waals surface area contributed by atoms with Crippen molar-refractivity contribution in [2.24, 2.45) is 0 Å². The summed E-state index contributed by atoms with van der Waals surface area (Å²) in [5.74, 6) is 0.558. The molecule has 0 heterocycles. The van der Waals surface area contributed by atoms with E-state index in [1.165, 1.54) is 13.2 Å². The molecule has 0 bridgehead atoms. The molecule has 0 aliphatic heterocycles. The smallest absolute Gasteiger partial charge is 0.306 e. The van der Waals surface area contributed by atoms with Gasteiger partial charge in [0.2, 0.25) is 0 Å². The molecule has 4 nitrogen and oxygen atoms in total. The lowest BCUT2D eigenvalue weighted by Gasteiger charge is -2.03. The van der Waals surface area contributed by atoms with Crippen molar-refractivity contribution in [2.45, 2.75) is 0 Å². The molecule has 0 saturated heterocycles. The van der Waals surface area contributed by atoms with Crippen LogP contribution in [0.3, 0.4) is 0 Å². The third-order valence-electron chi connectivity index (χ3n) is 1.20. The summed E-state index contributed by atoms with van der Waals surface area (Å²) < 4.78 is 30.9. The highest BCUT2D eigenvalue weighted by Gasteiger charge is 2.04. The maximum absolute atomic E-state index is 10.7. The van der Waals surface area contributed by atoms with Gasteiger partial charge in [-0.3, -0.25) is 0 Å². The maximum Gasteiger partial charge on any atom is 0.306 e. The Balaban J connectivity index is 2.90. The summed E-state index contributed by atoms with van der Waals surface area (Å²) in [6, 6.07) is 7.39. The molecule has 1 aromatic carbocycles. The van der Waals surface area contributed by atoms with Gasteiger partial charge in [0.05, 0.1) is 19.4 Å². The van der Waals surface area contributed by atoms with Gasteiger partial charge >= 0.3 is 10.1 Å². The standard InChI is InChI=1S/C8H9O4S/c1-11-7-4-3-5-8(6-7)12-13(2,9)10/h3-5H,1-2H3. The first-order chi connectivity index (χ1) is 6.01. The first-order valence-electron chi connectivity index (χ1n) is 3.47. The number of methoxy groups -OCH3 is 1. The molecule has 0 atom stereocenters. The molecule has 71 valence electrons. The van der Waals surface area contributed by atoms with Gasteiger partial charge in [-0.1, -0.05) is 6.07 Å². The quantitative estimate of drug-likeness (QED) is 0.680. The van der Waals surface area contributed by atoms with Crippen molar-refractivity contribution in [1.82, 2.24) is 0 Å². The Kier molecular flexibility index (Phi) is 2.77. The van der Waals surface area contributed by atoms with Crippen molar-refractivity contribution in [1.29, 1.82) is 0 Å². The SMILES string of the molecule is COc1[c]c(OS(C)(=O)=O)ccc1. The van der Waals surface area contributed by atoms with Crippen LogP contribution in [-0.2, 0) is 10.1 Å². The molecule has 5 heteroatoms. The van der Waals surface area contributed by atoms with Crippen LogP contribution >= 0.6 is 0 Å². The monoisotopic (exact) mass is 201 g/mol. The molecule has 0 aliphatic rings. The van der Waals surface area contributed by atoms with Crippen molar-refractivity contribution in [3.8, 4) is 11.5 Å². The number of hydrogen-bond donors (Lipinski definition) is 0. The van der Waals surface area contributed by atoms with Crippen molar-refractivity contribution < 1.29 is 17.3 Å². The minimum Gasteiger partial charge on any atom is -0.496 e. The summed E-state index contributed by atoms with van der Waals surface area (Å²) in [5.41, 5.74) is 0. The van der Waals surface area contributed by atoms with Crippen molar-refractivity contribution in [2.75, 3.05) is 13.4 Å². The van der Waals surface area contributed by atoms with Crippen LogP contribution in [-0.4, -0.2) is 21.8 Å². The third kappa shape index (κ3) is 3.33. The van der Waals surface area contributed by atoms with E-state index in [0.29, 0.717) is 5.75 Å². The van der Waals surface area contributed by atoms with Crippen LogP contribution in [0.2, 0.25) is 0 Å². The predicted octanol–water partition coefficient (Wildman–Crippen LogP) is 0.834. The minimum absolute atomic E-state index is 0.127. The Hall–Kier alpha value is -1.23. The van der Waals surface area contributed by atoms with E-state index in [2.05, 4.69) is 10.2 Å². The molecule has 0 spiro atoms. The van der Waals surface area contributed by atoms with Gasteiger partial charge in [-0.2, -0.15) is 8.42 Å². The Morgan fingerprint density at radius 2 is 1.92 bits per heavy atom. The average Bonchev–Trinajstić information content (AvgIpc) is 2.01. The molecule has 1 aromatic rings. The Labute approximate surface area is 77.2 Å². The van der Waals surface area contributed by atoms with Gasteiger partial charge in [-0.25, -0.2) is 0 Å². The number of ether oxygens (including phenoxy) is 1. The summed E-state index contributed by atoms with van der Waals surface area (Å²) in [6.45, 7) is 0. The van der Waals surface area contributed by atoms with Crippen LogP contribution in [0.15, 0.2) is 18.2 Å². The van der Waals surface area contributed by atoms with Crippen molar-refractivity contribution in [3.63, 3.8) is 0 Å². The lowest BCUT2D eigenvalue weighted by atomic mass is 10.3. The molecule has 0 amide bonds. The topological polar surface area (TPSA) is 52.6 Å². The highest BCUT2D eigenvalue weighted by molar-refractivity contribution is 7.86. The number of rotatable bonds is 3. The van der Waals surface area contributed by atoms with E-state index in [1.54, 1.807) is 12.1 Å².